The van der Waals surface area contributed by atoms with Crippen LogP contribution in [0.4, 0.5) is 11.6 Å². The number of nitrogens with zero attached hydrogens (tertiary/aromatic N) is 4. The van der Waals surface area contributed by atoms with Crippen LogP contribution in [0.15, 0.2) is 16.1 Å². The third-order valence-corrected chi connectivity index (χ3v) is 10.0. The molecule has 0 saturated heterocycles. The maximum atomic E-state index is 13.5. The second kappa shape index (κ2) is 22.6. The Labute approximate surface area is 290 Å². The van der Waals surface area contributed by atoms with Gasteiger partial charge < -0.3 is 10.3 Å². The van der Waals surface area contributed by atoms with Crippen molar-refractivity contribution in [2.45, 2.75) is 182 Å². The Bertz CT molecular complexity index is 1310. The van der Waals surface area contributed by atoms with Gasteiger partial charge in [-0.25, -0.2) is 19.3 Å². The Morgan fingerprint density at radius 2 is 1.10 bits per heavy atom. The number of carbonyl (C=O) groups excluding carboxylic acids is 2. The van der Waals surface area contributed by atoms with Gasteiger partial charge in [-0.1, -0.05) is 169 Å². The quantitative estimate of drug-likeness (QED) is 0.0970. The van der Waals surface area contributed by atoms with Crippen LogP contribution in [0.25, 0.3) is 11.4 Å². The van der Waals surface area contributed by atoms with Crippen molar-refractivity contribution < 1.29 is 9.59 Å². The Morgan fingerprint density at radius 3 is 1.58 bits per heavy atom. The summed E-state index contributed by atoms with van der Waals surface area (Å²) in [5.74, 6) is -0.0805. The fraction of sp³-hybridized carbons (Fsp3) is 0.769. The van der Waals surface area contributed by atoms with Crippen molar-refractivity contribution in [2.24, 2.45) is 16.8 Å². The molecule has 1 aliphatic rings. The molecule has 0 radical (unpaired) electrons. The highest BCUT2D eigenvalue weighted by Gasteiger charge is 2.30. The number of unbranched alkanes of at least 4 members (excludes halogenated alkanes) is 20. The van der Waals surface area contributed by atoms with E-state index in [0.29, 0.717) is 23.0 Å². The zero-order valence-electron chi connectivity index (χ0n) is 30.8. The van der Waals surface area contributed by atoms with Crippen LogP contribution in [0.2, 0.25) is 0 Å². The number of anilines is 1. The third-order valence-electron chi connectivity index (χ3n) is 10.0. The lowest BCUT2D eigenvalue weighted by molar-refractivity contribution is 0.0829. The SMILES string of the molecule is CCCCCCCCCCCCCCCC(C)C(=O)n1c2c([nH]c1=O)-c1ncn(C(=O)C(C)CCCCCCCCCCC)c1N=CN2. The van der Waals surface area contributed by atoms with Crippen molar-refractivity contribution >= 4 is 29.8 Å². The van der Waals surface area contributed by atoms with Gasteiger partial charge in [-0.15, -0.1) is 0 Å². The summed E-state index contributed by atoms with van der Waals surface area (Å²) in [4.78, 5) is 51.7. The molecule has 2 aromatic rings. The first-order valence-corrected chi connectivity index (χ1v) is 19.7. The number of hydrogen-bond donors (Lipinski definition) is 2. The summed E-state index contributed by atoms with van der Waals surface area (Å²) >= 11 is 0. The summed E-state index contributed by atoms with van der Waals surface area (Å²) < 4.78 is 2.66. The van der Waals surface area contributed by atoms with Gasteiger partial charge in [0.05, 0.1) is 6.34 Å². The standard InChI is InChI=1S/C39H66N6O3/c1-5-7-9-11-13-15-16-17-18-20-22-24-26-28-32(4)38(47)45-36-34(43-39(45)48)33-35(40-29-41-36)44(30-42-33)37(46)31(3)27-25-23-21-19-14-12-10-8-6-2/h29-32H,5-28H2,1-4H3,(H,40,41)(H,43,48). The molecule has 9 nitrogen and oxygen atoms in total. The van der Waals surface area contributed by atoms with Gasteiger partial charge in [0.15, 0.2) is 5.82 Å². The van der Waals surface area contributed by atoms with Crippen molar-refractivity contribution in [3.8, 4) is 11.4 Å². The fourth-order valence-corrected chi connectivity index (χ4v) is 6.85. The number of rotatable bonds is 26. The maximum absolute atomic E-state index is 13.5. The van der Waals surface area contributed by atoms with Crippen molar-refractivity contribution in [3.05, 3.63) is 16.8 Å². The average Bonchev–Trinajstić information content (AvgIpc) is 3.60. The molecule has 270 valence electrons. The van der Waals surface area contributed by atoms with E-state index in [-0.39, 0.29) is 23.7 Å². The highest BCUT2D eigenvalue weighted by Crippen LogP contribution is 2.35. The highest BCUT2D eigenvalue weighted by molar-refractivity contribution is 5.97. The van der Waals surface area contributed by atoms with Crippen LogP contribution in [0.5, 0.6) is 0 Å². The molecule has 2 atom stereocenters. The lowest BCUT2D eigenvalue weighted by atomic mass is 10.0. The lowest BCUT2D eigenvalue weighted by Gasteiger charge is -2.12. The van der Waals surface area contributed by atoms with Gasteiger partial charge in [0.1, 0.15) is 23.5 Å². The second-order valence-corrected chi connectivity index (χ2v) is 14.3. The predicted octanol–water partition coefficient (Wildman–Crippen LogP) is 11.1. The van der Waals surface area contributed by atoms with Crippen LogP contribution < -0.4 is 11.0 Å². The number of nitrogens with one attached hydrogen (secondary N) is 2. The van der Waals surface area contributed by atoms with Crippen LogP contribution in [0.1, 0.15) is 191 Å². The van der Waals surface area contributed by atoms with E-state index in [1.54, 1.807) is 0 Å². The molecule has 48 heavy (non-hydrogen) atoms. The molecule has 9 heteroatoms. The first kappa shape index (κ1) is 39.5. The topological polar surface area (TPSA) is 114 Å². The van der Waals surface area contributed by atoms with Gasteiger partial charge >= 0.3 is 5.69 Å². The fourth-order valence-electron chi connectivity index (χ4n) is 6.85. The number of fused-ring (bicyclic) bond motifs is 3. The molecule has 0 aliphatic carbocycles. The molecule has 2 unspecified atom stereocenters. The minimum Gasteiger partial charge on any atom is -0.330 e. The highest BCUT2D eigenvalue weighted by atomic mass is 16.2. The smallest absolute Gasteiger partial charge is 0.330 e. The van der Waals surface area contributed by atoms with E-state index in [4.69, 9.17) is 0 Å². The van der Waals surface area contributed by atoms with E-state index in [1.807, 2.05) is 13.8 Å². The number of imidazole rings is 2. The molecular formula is C39H66N6O3. The molecule has 0 aromatic carbocycles. The molecule has 0 fully saturated rings. The van der Waals surface area contributed by atoms with Crippen molar-refractivity contribution in [1.29, 1.82) is 0 Å². The summed E-state index contributed by atoms with van der Waals surface area (Å²) in [7, 11) is 0. The van der Waals surface area contributed by atoms with E-state index < -0.39 is 5.69 Å². The first-order chi connectivity index (χ1) is 23.4. The monoisotopic (exact) mass is 667 g/mol. The zero-order chi connectivity index (χ0) is 34.6. The van der Waals surface area contributed by atoms with Gasteiger partial charge in [0.25, 0.3) is 0 Å². The van der Waals surface area contributed by atoms with E-state index in [0.717, 1.165) is 38.5 Å². The molecule has 0 bridgehead atoms. The Hall–Kier alpha value is -2.97. The Balaban J connectivity index is 1.45. The third kappa shape index (κ3) is 12.5. The molecule has 2 aromatic heterocycles. The van der Waals surface area contributed by atoms with Crippen LogP contribution in [0.3, 0.4) is 0 Å². The minimum absolute atomic E-state index is 0.0619. The molecule has 3 rings (SSSR count). The summed E-state index contributed by atoms with van der Waals surface area (Å²) in [5.41, 5.74) is 0.269. The van der Waals surface area contributed by atoms with Crippen LogP contribution in [-0.2, 0) is 0 Å². The Kier molecular flexibility index (Phi) is 18.6. The molecule has 0 saturated carbocycles. The largest absolute Gasteiger partial charge is 0.334 e. The molecule has 2 N–H and O–H groups in total. The summed E-state index contributed by atoms with van der Waals surface area (Å²) in [6, 6.07) is 0. The molecule has 0 spiro atoms. The number of H-pyrrole nitrogens is 1. The van der Waals surface area contributed by atoms with Crippen LogP contribution in [-0.4, -0.2) is 37.3 Å². The van der Waals surface area contributed by atoms with Gasteiger partial charge in [-0.3, -0.25) is 14.2 Å². The summed E-state index contributed by atoms with van der Waals surface area (Å²) in [5, 5.41) is 3.02. The number of carbonyl (C=O) groups is 2. The Morgan fingerprint density at radius 1 is 0.667 bits per heavy atom. The molecule has 0 amide bonds. The number of aliphatic imine (C=N–C) groups is 1. The van der Waals surface area contributed by atoms with Gasteiger partial charge in [0.2, 0.25) is 11.8 Å². The minimum atomic E-state index is -0.504. The maximum Gasteiger partial charge on any atom is 0.334 e. The summed E-state index contributed by atoms with van der Waals surface area (Å²) in [6.45, 7) is 8.36. The number of aromatic amines is 1. The second-order valence-electron chi connectivity index (χ2n) is 14.3. The zero-order valence-corrected chi connectivity index (χ0v) is 30.8. The molecule has 3 heterocycles. The summed E-state index contributed by atoms with van der Waals surface area (Å²) in [6.07, 6.45) is 32.4. The lowest BCUT2D eigenvalue weighted by Crippen LogP contribution is -2.30. The van der Waals surface area contributed by atoms with E-state index >= 15 is 0 Å². The molecular weight excluding hydrogens is 600 g/mol. The van der Waals surface area contributed by atoms with Crippen molar-refractivity contribution in [2.75, 3.05) is 5.32 Å². The van der Waals surface area contributed by atoms with Crippen LogP contribution in [0, 0.1) is 11.8 Å². The predicted molar refractivity (Wildman–Crippen MR) is 200 cm³/mol. The van der Waals surface area contributed by atoms with E-state index in [1.165, 1.54) is 137 Å². The van der Waals surface area contributed by atoms with Gasteiger partial charge in [-0.2, -0.15) is 0 Å². The van der Waals surface area contributed by atoms with E-state index in [9.17, 15) is 14.4 Å². The van der Waals surface area contributed by atoms with Gasteiger partial charge in [-0.05, 0) is 12.8 Å². The molecule has 1 aliphatic heterocycles. The van der Waals surface area contributed by atoms with Crippen molar-refractivity contribution in [3.63, 3.8) is 0 Å². The van der Waals surface area contributed by atoms with Gasteiger partial charge in [0, 0.05) is 11.8 Å². The number of hydrogen-bond acceptors (Lipinski definition) is 6. The van der Waals surface area contributed by atoms with Crippen molar-refractivity contribution in [1.82, 2.24) is 19.1 Å². The average molecular weight is 667 g/mol. The normalized spacial score (nSPS) is 13.5. The number of aromatic nitrogens is 4. The van der Waals surface area contributed by atoms with E-state index in [2.05, 4.69) is 34.1 Å². The first-order valence-electron chi connectivity index (χ1n) is 19.7. The van der Waals surface area contributed by atoms with Crippen LogP contribution >= 0.6 is 0 Å².